The van der Waals surface area contributed by atoms with Gasteiger partial charge in [0, 0.05) is 31.9 Å². The number of hydrogen-bond acceptors (Lipinski definition) is 4. The molecule has 34 heavy (non-hydrogen) atoms. The van der Waals surface area contributed by atoms with Crippen LogP contribution < -0.4 is 0 Å². The van der Waals surface area contributed by atoms with Crippen LogP contribution in [0.3, 0.4) is 0 Å². The number of ether oxygens (including phenoxy) is 1. The van der Waals surface area contributed by atoms with E-state index in [-0.39, 0.29) is 18.4 Å². The van der Waals surface area contributed by atoms with E-state index < -0.39 is 5.82 Å². The van der Waals surface area contributed by atoms with Gasteiger partial charge in [0.15, 0.2) is 0 Å². The van der Waals surface area contributed by atoms with Crippen LogP contribution in [0.2, 0.25) is 0 Å². The minimum atomic E-state index is -0.418. The second kappa shape index (κ2) is 12.7. The molecule has 6 nitrogen and oxygen atoms in total. The number of halogens is 1. The summed E-state index contributed by atoms with van der Waals surface area (Å²) in [6.45, 7) is 5.75. The van der Waals surface area contributed by atoms with Crippen LogP contribution in [0, 0.1) is 12.7 Å². The van der Waals surface area contributed by atoms with Gasteiger partial charge in [-0.3, -0.25) is 9.59 Å². The van der Waals surface area contributed by atoms with Gasteiger partial charge < -0.3 is 19.0 Å². The molecule has 1 aromatic heterocycles. The summed E-state index contributed by atoms with van der Waals surface area (Å²) in [6, 6.07) is 18.8. The smallest absolute Gasteiger partial charge is 0.254 e. The van der Waals surface area contributed by atoms with E-state index in [9.17, 15) is 14.0 Å². The maximum absolute atomic E-state index is 13.4. The maximum atomic E-state index is 13.4. The normalized spacial score (nSPS) is 10.8. The number of furan rings is 1. The molecule has 0 aliphatic heterocycles. The Morgan fingerprint density at radius 1 is 0.941 bits per heavy atom. The largest absolute Gasteiger partial charge is 0.464 e. The summed E-state index contributed by atoms with van der Waals surface area (Å²) in [5.74, 6) is 0.502. The van der Waals surface area contributed by atoms with E-state index in [4.69, 9.17) is 9.15 Å². The zero-order chi connectivity index (χ0) is 24.3. The van der Waals surface area contributed by atoms with Crippen molar-refractivity contribution in [3.8, 4) is 0 Å². The number of rotatable bonds is 12. The molecule has 0 bridgehead atoms. The van der Waals surface area contributed by atoms with Crippen molar-refractivity contribution in [1.82, 2.24) is 9.80 Å². The summed E-state index contributed by atoms with van der Waals surface area (Å²) in [5, 5.41) is 0. The van der Waals surface area contributed by atoms with Crippen molar-refractivity contribution in [1.29, 1.82) is 0 Å². The van der Waals surface area contributed by atoms with Crippen molar-refractivity contribution >= 4 is 11.8 Å². The average Bonchev–Trinajstić information content (AvgIpc) is 3.25. The molecule has 3 rings (SSSR count). The van der Waals surface area contributed by atoms with Crippen molar-refractivity contribution in [2.45, 2.75) is 33.4 Å². The Bertz CT molecular complexity index is 1050. The molecule has 1 heterocycles. The van der Waals surface area contributed by atoms with Crippen LogP contribution in [0.15, 0.2) is 71.1 Å². The molecule has 7 heteroatoms. The Kier molecular flexibility index (Phi) is 9.40. The minimum absolute atomic E-state index is 0.102. The van der Waals surface area contributed by atoms with E-state index in [0.29, 0.717) is 50.6 Å². The highest BCUT2D eigenvalue weighted by molar-refractivity contribution is 5.96. The first-order valence-corrected chi connectivity index (χ1v) is 11.5. The van der Waals surface area contributed by atoms with E-state index in [0.717, 1.165) is 11.3 Å². The average molecular weight is 467 g/mol. The van der Waals surface area contributed by atoms with E-state index >= 15 is 0 Å². The van der Waals surface area contributed by atoms with Crippen LogP contribution in [-0.2, 0) is 22.6 Å². The Balaban J connectivity index is 1.78. The first-order valence-electron chi connectivity index (χ1n) is 11.5. The molecule has 2 amide bonds. The van der Waals surface area contributed by atoms with Crippen molar-refractivity contribution in [2.24, 2.45) is 0 Å². The van der Waals surface area contributed by atoms with Crippen molar-refractivity contribution in [3.63, 3.8) is 0 Å². The molecular weight excluding hydrogens is 435 g/mol. The van der Waals surface area contributed by atoms with E-state index in [1.54, 1.807) is 4.90 Å². The van der Waals surface area contributed by atoms with Crippen LogP contribution in [0.25, 0.3) is 0 Å². The molecule has 0 fully saturated rings. The van der Waals surface area contributed by atoms with Gasteiger partial charge in [-0.25, -0.2) is 4.39 Å². The lowest BCUT2D eigenvalue weighted by atomic mass is 10.1. The Morgan fingerprint density at radius 3 is 2.32 bits per heavy atom. The first kappa shape index (κ1) is 25.2. The van der Waals surface area contributed by atoms with Gasteiger partial charge in [0.2, 0.25) is 5.91 Å². The zero-order valence-corrected chi connectivity index (χ0v) is 19.7. The summed E-state index contributed by atoms with van der Waals surface area (Å²) in [5.41, 5.74) is 1.31. The highest BCUT2D eigenvalue weighted by Crippen LogP contribution is 2.15. The van der Waals surface area contributed by atoms with Gasteiger partial charge in [-0.2, -0.15) is 0 Å². The number of hydrogen-bond donors (Lipinski definition) is 0. The summed E-state index contributed by atoms with van der Waals surface area (Å²) in [7, 11) is 0. The first-order chi connectivity index (χ1) is 16.5. The van der Waals surface area contributed by atoms with Gasteiger partial charge in [-0.05, 0) is 62.2 Å². The summed E-state index contributed by atoms with van der Waals surface area (Å²) >= 11 is 0. The third kappa shape index (κ3) is 7.56. The predicted molar refractivity (Wildman–Crippen MR) is 128 cm³/mol. The molecule has 0 aliphatic carbocycles. The molecule has 0 atom stereocenters. The molecule has 0 radical (unpaired) electrons. The molecule has 0 saturated heterocycles. The van der Waals surface area contributed by atoms with Gasteiger partial charge in [0.1, 0.15) is 23.9 Å². The molecule has 0 N–H and O–H groups in total. The van der Waals surface area contributed by atoms with Gasteiger partial charge in [-0.15, -0.1) is 0 Å². The Labute approximate surface area is 199 Å². The fourth-order valence-electron chi connectivity index (χ4n) is 3.59. The van der Waals surface area contributed by atoms with Gasteiger partial charge >= 0.3 is 0 Å². The van der Waals surface area contributed by atoms with Crippen molar-refractivity contribution in [2.75, 3.05) is 26.3 Å². The van der Waals surface area contributed by atoms with Crippen LogP contribution in [0.5, 0.6) is 0 Å². The molecule has 2 aromatic carbocycles. The van der Waals surface area contributed by atoms with Gasteiger partial charge in [0.25, 0.3) is 5.91 Å². The lowest BCUT2D eigenvalue weighted by molar-refractivity contribution is -0.133. The van der Waals surface area contributed by atoms with Crippen LogP contribution in [0.1, 0.15) is 40.8 Å². The summed E-state index contributed by atoms with van der Waals surface area (Å²) in [4.78, 5) is 29.8. The highest BCUT2D eigenvalue weighted by atomic mass is 19.1. The SMILES string of the molecule is CCOCCCN(CC(=O)N(Cc1ccccc1)Cc1ccc(C)o1)C(=O)c1ccc(F)cc1. The Hall–Kier alpha value is -3.45. The monoisotopic (exact) mass is 466 g/mol. The lowest BCUT2D eigenvalue weighted by Gasteiger charge is -2.27. The number of benzene rings is 2. The maximum Gasteiger partial charge on any atom is 0.254 e. The Morgan fingerprint density at radius 2 is 1.68 bits per heavy atom. The van der Waals surface area contributed by atoms with Gasteiger partial charge in [-0.1, -0.05) is 30.3 Å². The number of carbonyl (C=O) groups is 2. The second-order valence-electron chi connectivity index (χ2n) is 8.03. The fourth-order valence-corrected chi connectivity index (χ4v) is 3.59. The molecular formula is C27H31FN2O4. The van der Waals surface area contributed by atoms with Crippen molar-refractivity contribution < 1.29 is 23.1 Å². The molecule has 0 spiro atoms. The summed E-state index contributed by atoms with van der Waals surface area (Å²) < 4.78 is 24.5. The topological polar surface area (TPSA) is 63.0 Å². The molecule has 180 valence electrons. The van der Waals surface area contributed by atoms with Gasteiger partial charge in [0.05, 0.1) is 6.54 Å². The van der Waals surface area contributed by atoms with Crippen LogP contribution in [0.4, 0.5) is 4.39 Å². The molecule has 3 aromatic rings. The third-order valence-corrected chi connectivity index (χ3v) is 5.34. The van der Waals surface area contributed by atoms with E-state index in [2.05, 4.69) is 0 Å². The number of amides is 2. The molecule has 0 aliphatic rings. The zero-order valence-electron chi connectivity index (χ0n) is 19.7. The predicted octanol–water partition coefficient (Wildman–Crippen LogP) is 4.82. The lowest BCUT2D eigenvalue weighted by Crippen LogP contribution is -2.43. The second-order valence-corrected chi connectivity index (χ2v) is 8.03. The standard InChI is InChI=1S/C27H31FN2O4/c1-3-33-17-7-16-29(27(32)23-11-13-24(28)14-12-23)20-26(31)30(18-22-8-5-4-6-9-22)19-25-15-10-21(2)34-25/h4-6,8-15H,3,7,16-20H2,1-2H3. The van der Waals surface area contributed by atoms with E-state index in [1.165, 1.54) is 29.2 Å². The summed E-state index contributed by atoms with van der Waals surface area (Å²) in [6.07, 6.45) is 0.587. The molecule has 0 saturated carbocycles. The third-order valence-electron chi connectivity index (χ3n) is 5.34. The van der Waals surface area contributed by atoms with Crippen LogP contribution >= 0.6 is 0 Å². The fraction of sp³-hybridized carbons (Fsp3) is 0.333. The quantitative estimate of drug-likeness (QED) is 0.359. The number of carbonyl (C=O) groups excluding carboxylic acids is 2. The highest BCUT2D eigenvalue weighted by Gasteiger charge is 2.23. The number of nitrogens with zero attached hydrogens (tertiary/aromatic N) is 2. The molecule has 0 unspecified atom stereocenters. The number of aryl methyl sites for hydroxylation is 1. The van der Waals surface area contributed by atoms with Crippen molar-refractivity contribution in [3.05, 3.63) is 95.2 Å². The van der Waals surface area contributed by atoms with Crippen LogP contribution in [-0.4, -0.2) is 47.9 Å². The van der Waals surface area contributed by atoms with E-state index in [1.807, 2.05) is 56.3 Å². The minimum Gasteiger partial charge on any atom is -0.464 e.